The number of piperazine rings is 1. The number of sulfonamides is 1. The monoisotopic (exact) mass is 378 g/mol. The summed E-state index contributed by atoms with van der Waals surface area (Å²) in [5, 5.41) is 3.78. The number of benzene rings is 1. The average molecular weight is 379 g/mol. The van der Waals surface area contributed by atoms with E-state index in [-0.39, 0.29) is 4.90 Å². The second-order valence-electron chi connectivity index (χ2n) is 7.38. The fourth-order valence-electron chi connectivity index (χ4n) is 3.50. The summed E-state index contributed by atoms with van der Waals surface area (Å²) in [7, 11) is -3.53. The van der Waals surface area contributed by atoms with Gasteiger partial charge in [0.1, 0.15) is 17.1 Å². The van der Waals surface area contributed by atoms with Crippen LogP contribution in [0.2, 0.25) is 0 Å². The van der Waals surface area contributed by atoms with Crippen LogP contribution in [-0.4, -0.2) is 44.1 Å². The van der Waals surface area contributed by atoms with E-state index in [0.717, 1.165) is 19.6 Å². The summed E-state index contributed by atoms with van der Waals surface area (Å²) in [6, 6.07) is 8.76. The van der Waals surface area contributed by atoms with Crippen molar-refractivity contribution < 1.29 is 17.8 Å². The van der Waals surface area contributed by atoms with Gasteiger partial charge in [0.2, 0.25) is 10.0 Å². The molecule has 0 bridgehead atoms. The van der Waals surface area contributed by atoms with E-state index in [1.54, 1.807) is 18.2 Å². The van der Waals surface area contributed by atoms with Crippen LogP contribution in [0, 0.1) is 13.8 Å². The molecule has 1 aromatic heterocycles. The van der Waals surface area contributed by atoms with Gasteiger partial charge in [-0.15, -0.1) is 0 Å². The molecule has 0 unspecified atom stereocenters. The fraction of sp³-hybridized carbons (Fsp3) is 0.526. The number of aromatic nitrogens is 1. The molecule has 0 amide bonds. The zero-order chi connectivity index (χ0) is 18.9. The molecule has 3 rings (SSSR count). The summed E-state index contributed by atoms with van der Waals surface area (Å²) in [6.07, 6.45) is 0. The van der Waals surface area contributed by atoms with Gasteiger partial charge < -0.3 is 9.42 Å². The van der Waals surface area contributed by atoms with Crippen molar-refractivity contribution in [2.24, 2.45) is 0 Å². The van der Waals surface area contributed by atoms with Crippen LogP contribution in [0.15, 0.2) is 33.7 Å². The van der Waals surface area contributed by atoms with Crippen molar-refractivity contribution >= 4 is 10.0 Å². The Morgan fingerprint density at radius 3 is 2.27 bits per heavy atom. The smallest absolute Gasteiger partial charge is 0.248 e. The molecule has 142 valence electrons. The average Bonchev–Trinajstić information content (AvgIpc) is 2.95. The molecule has 0 spiro atoms. The van der Waals surface area contributed by atoms with Crippen molar-refractivity contribution in [2.75, 3.05) is 26.2 Å². The third-order valence-electron chi connectivity index (χ3n) is 5.10. The third kappa shape index (κ3) is 3.84. The third-order valence-corrected chi connectivity index (χ3v) is 7.24. The maximum absolute atomic E-state index is 12.9. The summed E-state index contributed by atoms with van der Waals surface area (Å²) < 4.78 is 32.3. The van der Waals surface area contributed by atoms with Crippen molar-refractivity contribution in [1.82, 2.24) is 9.46 Å². The Bertz CT molecular complexity index is 829. The van der Waals surface area contributed by atoms with E-state index >= 15 is 0 Å². The molecule has 1 aliphatic heterocycles. The summed E-state index contributed by atoms with van der Waals surface area (Å²) in [6.45, 7) is 11.3. The highest BCUT2D eigenvalue weighted by atomic mass is 32.2. The van der Waals surface area contributed by atoms with Crippen molar-refractivity contribution in [1.29, 1.82) is 0 Å². The van der Waals surface area contributed by atoms with Gasteiger partial charge in [-0.25, -0.2) is 8.42 Å². The van der Waals surface area contributed by atoms with E-state index in [9.17, 15) is 8.42 Å². The van der Waals surface area contributed by atoms with E-state index < -0.39 is 10.0 Å². The van der Waals surface area contributed by atoms with E-state index in [0.29, 0.717) is 30.5 Å². The van der Waals surface area contributed by atoms with Crippen LogP contribution in [-0.2, 0) is 16.6 Å². The van der Waals surface area contributed by atoms with Gasteiger partial charge in [0.25, 0.3) is 0 Å². The van der Waals surface area contributed by atoms with Crippen LogP contribution in [0.1, 0.15) is 42.3 Å². The Kier molecular flexibility index (Phi) is 5.50. The number of hydrogen-bond acceptors (Lipinski definition) is 4. The molecule has 1 N–H and O–H groups in total. The normalized spacial score (nSPS) is 17.1. The Labute approximate surface area is 155 Å². The molecule has 2 aromatic rings. The van der Waals surface area contributed by atoms with Gasteiger partial charge in [-0.3, -0.25) is 0 Å². The topological polar surface area (TPSA) is 67.9 Å². The van der Waals surface area contributed by atoms with E-state index in [1.165, 1.54) is 16.0 Å². The minimum Gasteiger partial charge on any atom is -0.360 e. The van der Waals surface area contributed by atoms with Gasteiger partial charge >= 0.3 is 0 Å². The van der Waals surface area contributed by atoms with E-state index in [4.69, 9.17) is 4.52 Å². The summed E-state index contributed by atoms with van der Waals surface area (Å²) >= 11 is 0. The number of rotatable bonds is 5. The lowest BCUT2D eigenvalue weighted by Crippen LogP contribution is -3.13. The minimum atomic E-state index is -3.53. The molecule has 1 saturated heterocycles. The van der Waals surface area contributed by atoms with Crippen LogP contribution >= 0.6 is 0 Å². The molecule has 0 radical (unpaired) electrons. The Morgan fingerprint density at radius 1 is 1.15 bits per heavy atom. The number of aryl methyl sites for hydroxylation is 2. The first-order chi connectivity index (χ1) is 12.3. The Hall–Kier alpha value is -1.70. The molecule has 0 saturated carbocycles. The van der Waals surface area contributed by atoms with Gasteiger partial charge in [-0.2, -0.15) is 4.31 Å². The number of nitrogens with one attached hydrogen (secondary N) is 1. The highest BCUT2D eigenvalue weighted by Gasteiger charge is 2.34. The zero-order valence-corrected chi connectivity index (χ0v) is 16.8. The first-order valence-corrected chi connectivity index (χ1v) is 10.6. The molecule has 0 aliphatic carbocycles. The van der Waals surface area contributed by atoms with Gasteiger partial charge in [0, 0.05) is 5.56 Å². The molecular formula is C19H28N3O3S+. The van der Waals surface area contributed by atoms with Crippen molar-refractivity contribution in [2.45, 2.75) is 45.1 Å². The molecule has 6 nitrogen and oxygen atoms in total. The second kappa shape index (κ2) is 7.50. The predicted octanol–water partition coefficient (Wildman–Crippen LogP) is 1.50. The van der Waals surface area contributed by atoms with Gasteiger partial charge in [0.05, 0.1) is 26.2 Å². The van der Waals surface area contributed by atoms with E-state index in [2.05, 4.69) is 43.3 Å². The highest BCUT2D eigenvalue weighted by molar-refractivity contribution is 7.89. The SMILES string of the molecule is Cc1noc(C)c1S(=O)(=O)N1CC[NH+](Cc2ccc(C(C)C)cc2)CC1. The Morgan fingerprint density at radius 2 is 1.77 bits per heavy atom. The number of hydrogen-bond donors (Lipinski definition) is 1. The molecule has 2 heterocycles. The standard InChI is InChI=1S/C19H27N3O3S/c1-14(2)18-7-5-17(6-8-18)13-21-9-11-22(12-10-21)26(23,24)19-15(3)20-25-16(19)4/h5-8,14H,9-13H2,1-4H3/p+1. The lowest BCUT2D eigenvalue weighted by atomic mass is 10.0. The maximum Gasteiger partial charge on any atom is 0.248 e. The number of nitrogens with zero attached hydrogens (tertiary/aromatic N) is 2. The van der Waals surface area contributed by atoms with Crippen LogP contribution in [0.5, 0.6) is 0 Å². The highest BCUT2D eigenvalue weighted by Crippen LogP contribution is 2.23. The summed E-state index contributed by atoms with van der Waals surface area (Å²) in [5.74, 6) is 0.900. The lowest BCUT2D eigenvalue weighted by molar-refractivity contribution is -0.917. The van der Waals surface area contributed by atoms with Gasteiger partial charge in [-0.05, 0) is 25.3 Å². The second-order valence-corrected chi connectivity index (χ2v) is 9.26. The summed E-state index contributed by atoms with van der Waals surface area (Å²) in [4.78, 5) is 1.64. The molecule has 1 aromatic carbocycles. The van der Waals surface area contributed by atoms with Crippen molar-refractivity contribution in [3.63, 3.8) is 0 Å². The quantitative estimate of drug-likeness (QED) is 0.856. The minimum absolute atomic E-state index is 0.227. The van der Waals surface area contributed by atoms with Crippen LogP contribution in [0.4, 0.5) is 0 Å². The van der Waals surface area contributed by atoms with Crippen LogP contribution in [0.25, 0.3) is 0 Å². The van der Waals surface area contributed by atoms with Crippen LogP contribution in [0.3, 0.4) is 0 Å². The lowest BCUT2D eigenvalue weighted by Gasteiger charge is -2.31. The van der Waals surface area contributed by atoms with Gasteiger partial charge in [-0.1, -0.05) is 43.3 Å². The fourth-order valence-corrected chi connectivity index (χ4v) is 5.23. The molecule has 7 heteroatoms. The van der Waals surface area contributed by atoms with Crippen LogP contribution < -0.4 is 4.90 Å². The first kappa shape index (κ1) is 19.1. The molecule has 1 fully saturated rings. The molecular weight excluding hydrogens is 350 g/mol. The Balaban J connectivity index is 1.62. The number of quaternary nitrogens is 1. The first-order valence-electron chi connectivity index (χ1n) is 9.14. The predicted molar refractivity (Wildman–Crippen MR) is 99.7 cm³/mol. The zero-order valence-electron chi connectivity index (χ0n) is 15.9. The summed E-state index contributed by atoms with van der Waals surface area (Å²) in [5.41, 5.74) is 3.08. The molecule has 26 heavy (non-hydrogen) atoms. The molecule has 0 atom stereocenters. The van der Waals surface area contributed by atoms with Crippen molar-refractivity contribution in [3.05, 3.63) is 46.8 Å². The van der Waals surface area contributed by atoms with E-state index in [1.807, 2.05) is 0 Å². The van der Waals surface area contributed by atoms with Gasteiger partial charge in [0.15, 0.2) is 5.76 Å². The largest absolute Gasteiger partial charge is 0.360 e. The maximum atomic E-state index is 12.9. The van der Waals surface area contributed by atoms with Crippen molar-refractivity contribution in [3.8, 4) is 0 Å². The molecule has 1 aliphatic rings.